The molecule has 1 aromatic heterocycles. The first-order chi connectivity index (χ1) is 14.5. The highest BCUT2D eigenvalue weighted by Gasteiger charge is 2.19. The van der Waals surface area contributed by atoms with E-state index in [0.717, 1.165) is 21.8 Å². The second-order valence-electron chi connectivity index (χ2n) is 7.50. The Balaban J connectivity index is 1.82. The second-order valence-corrected chi connectivity index (χ2v) is 8.53. The molecule has 30 heavy (non-hydrogen) atoms. The largest absolute Gasteiger partial charge is 0.496 e. The van der Waals surface area contributed by atoms with Gasteiger partial charge >= 0.3 is 0 Å². The summed E-state index contributed by atoms with van der Waals surface area (Å²) in [5, 5.41) is 2.03. The third kappa shape index (κ3) is 5.71. The molecule has 1 heterocycles. The van der Waals surface area contributed by atoms with Gasteiger partial charge in [-0.25, -0.2) is 0 Å². The molecule has 0 bridgehead atoms. The molecular formula is C25H29NO3S. The quantitative estimate of drug-likeness (QED) is 0.418. The van der Waals surface area contributed by atoms with Crippen LogP contribution in [0.1, 0.15) is 53.2 Å². The molecule has 0 saturated carbocycles. The van der Waals surface area contributed by atoms with Gasteiger partial charge in [0.2, 0.25) is 0 Å². The van der Waals surface area contributed by atoms with E-state index >= 15 is 0 Å². The summed E-state index contributed by atoms with van der Waals surface area (Å²) in [5.74, 6) is 0.787. The Morgan fingerprint density at radius 1 is 0.967 bits per heavy atom. The van der Waals surface area contributed by atoms with Gasteiger partial charge in [-0.3, -0.25) is 4.79 Å². The number of benzene rings is 2. The molecule has 0 aliphatic heterocycles. The Labute approximate surface area is 183 Å². The molecule has 3 aromatic rings. The standard InChI is InChI=1S/C25H29NO3S/c1-18(2)29-19(3)20-11-13-21(14-12-20)25(27)26(17-23-9-7-15-30-23)16-22-8-5-6-10-24(22)28-4/h5-15,18-19H,16-17H2,1-4H3. The van der Waals surface area contributed by atoms with Crippen LogP contribution < -0.4 is 4.74 Å². The van der Waals surface area contributed by atoms with Crippen molar-refractivity contribution in [3.05, 3.63) is 87.6 Å². The Hall–Kier alpha value is -2.63. The van der Waals surface area contributed by atoms with E-state index in [9.17, 15) is 4.79 Å². The third-order valence-electron chi connectivity index (χ3n) is 4.87. The number of carbonyl (C=O) groups excluding carboxylic acids is 1. The maximum atomic E-state index is 13.4. The smallest absolute Gasteiger partial charge is 0.254 e. The van der Waals surface area contributed by atoms with Crippen molar-refractivity contribution in [3.8, 4) is 5.75 Å². The van der Waals surface area contributed by atoms with Gasteiger partial charge in [-0.1, -0.05) is 36.4 Å². The minimum atomic E-state index is -0.00930. The van der Waals surface area contributed by atoms with Crippen LogP contribution in [0.25, 0.3) is 0 Å². The topological polar surface area (TPSA) is 38.8 Å². The lowest BCUT2D eigenvalue weighted by atomic mass is 10.1. The molecule has 4 nitrogen and oxygen atoms in total. The van der Waals surface area contributed by atoms with Crippen LogP contribution in [0.5, 0.6) is 5.75 Å². The van der Waals surface area contributed by atoms with E-state index in [0.29, 0.717) is 18.7 Å². The van der Waals surface area contributed by atoms with Crippen LogP contribution in [0.2, 0.25) is 0 Å². The third-order valence-corrected chi connectivity index (χ3v) is 5.73. The van der Waals surface area contributed by atoms with Gasteiger partial charge in [-0.2, -0.15) is 0 Å². The summed E-state index contributed by atoms with van der Waals surface area (Å²) < 4.78 is 11.3. The summed E-state index contributed by atoms with van der Waals surface area (Å²) in [4.78, 5) is 16.4. The zero-order valence-electron chi connectivity index (χ0n) is 18.0. The lowest BCUT2D eigenvalue weighted by molar-refractivity contribution is 0.0178. The second kappa shape index (κ2) is 10.4. The van der Waals surface area contributed by atoms with Crippen molar-refractivity contribution in [2.45, 2.75) is 46.1 Å². The molecular weight excluding hydrogens is 394 g/mol. The summed E-state index contributed by atoms with van der Waals surface area (Å²) >= 11 is 1.65. The maximum absolute atomic E-state index is 13.4. The van der Waals surface area contributed by atoms with Gasteiger partial charge in [-0.15, -0.1) is 11.3 Å². The van der Waals surface area contributed by atoms with Crippen molar-refractivity contribution < 1.29 is 14.3 Å². The molecule has 158 valence electrons. The van der Waals surface area contributed by atoms with Crippen molar-refractivity contribution in [2.75, 3.05) is 7.11 Å². The fraction of sp³-hybridized carbons (Fsp3) is 0.320. The molecule has 0 fully saturated rings. The van der Waals surface area contributed by atoms with Crippen molar-refractivity contribution in [3.63, 3.8) is 0 Å². The maximum Gasteiger partial charge on any atom is 0.254 e. The minimum Gasteiger partial charge on any atom is -0.496 e. The number of ether oxygens (including phenoxy) is 2. The van der Waals surface area contributed by atoms with Crippen LogP contribution in [-0.2, 0) is 17.8 Å². The number of para-hydroxylation sites is 1. The molecule has 1 unspecified atom stereocenters. The Morgan fingerprint density at radius 2 is 1.70 bits per heavy atom. The number of nitrogens with zero attached hydrogens (tertiary/aromatic N) is 1. The Kier molecular flexibility index (Phi) is 7.66. The number of methoxy groups -OCH3 is 1. The number of hydrogen-bond acceptors (Lipinski definition) is 4. The highest BCUT2D eigenvalue weighted by molar-refractivity contribution is 7.09. The van der Waals surface area contributed by atoms with E-state index in [1.807, 2.05) is 85.6 Å². The Bertz CT molecular complexity index is 935. The molecule has 3 rings (SSSR count). The molecule has 0 spiro atoms. The number of amides is 1. The minimum absolute atomic E-state index is 0.00159. The summed E-state index contributed by atoms with van der Waals surface area (Å²) in [5.41, 5.74) is 2.72. The highest BCUT2D eigenvalue weighted by atomic mass is 32.1. The first-order valence-corrected chi connectivity index (χ1v) is 11.0. The summed E-state index contributed by atoms with van der Waals surface area (Å²) in [6.07, 6.45) is 0.147. The molecule has 0 radical (unpaired) electrons. The van der Waals surface area contributed by atoms with Gasteiger partial charge in [0.05, 0.1) is 32.4 Å². The lowest BCUT2D eigenvalue weighted by Gasteiger charge is -2.24. The Morgan fingerprint density at radius 3 is 2.33 bits per heavy atom. The van der Waals surface area contributed by atoms with Gasteiger partial charge in [-0.05, 0) is 56.0 Å². The average Bonchev–Trinajstić information content (AvgIpc) is 3.26. The number of thiophene rings is 1. The zero-order chi connectivity index (χ0) is 21.5. The van der Waals surface area contributed by atoms with Crippen molar-refractivity contribution in [1.29, 1.82) is 0 Å². The van der Waals surface area contributed by atoms with Crippen molar-refractivity contribution in [2.24, 2.45) is 0 Å². The van der Waals surface area contributed by atoms with Crippen molar-refractivity contribution in [1.82, 2.24) is 4.90 Å². The average molecular weight is 424 g/mol. The number of hydrogen-bond donors (Lipinski definition) is 0. The van der Waals surface area contributed by atoms with Crippen molar-refractivity contribution >= 4 is 17.2 Å². The summed E-state index contributed by atoms with van der Waals surface area (Å²) in [7, 11) is 1.66. The molecule has 0 N–H and O–H groups in total. The SMILES string of the molecule is COc1ccccc1CN(Cc1cccs1)C(=O)c1ccc(C(C)OC(C)C)cc1. The van der Waals surface area contributed by atoms with Crippen LogP contribution in [0.4, 0.5) is 0 Å². The fourth-order valence-electron chi connectivity index (χ4n) is 3.40. The van der Waals surface area contributed by atoms with Gasteiger partial charge in [0.25, 0.3) is 5.91 Å². The van der Waals surface area contributed by atoms with E-state index in [2.05, 4.69) is 6.07 Å². The predicted molar refractivity (Wildman–Crippen MR) is 122 cm³/mol. The first kappa shape index (κ1) is 22.1. The number of rotatable bonds is 9. The number of carbonyl (C=O) groups is 1. The van der Waals surface area contributed by atoms with E-state index in [1.165, 1.54) is 0 Å². The van der Waals surface area contributed by atoms with Gasteiger partial charge in [0, 0.05) is 16.0 Å². The lowest BCUT2D eigenvalue weighted by Crippen LogP contribution is -2.30. The first-order valence-electron chi connectivity index (χ1n) is 10.2. The summed E-state index contributed by atoms with van der Waals surface area (Å²) in [6.45, 7) is 7.11. The molecule has 0 aliphatic rings. The molecule has 1 amide bonds. The zero-order valence-corrected chi connectivity index (χ0v) is 18.8. The normalized spacial score (nSPS) is 12.0. The van der Waals surface area contributed by atoms with Gasteiger partial charge in [0.1, 0.15) is 5.75 Å². The molecule has 1 atom stereocenters. The van der Waals surface area contributed by atoms with Crippen LogP contribution in [0.15, 0.2) is 66.0 Å². The van der Waals surface area contributed by atoms with E-state index in [1.54, 1.807) is 18.4 Å². The molecule has 0 saturated heterocycles. The fourth-order valence-corrected chi connectivity index (χ4v) is 4.11. The molecule has 0 aliphatic carbocycles. The van der Waals surface area contributed by atoms with E-state index < -0.39 is 0 Å². The van der Waals surface area contributed by atoms with Crippen LogP contribution in [0, 0.1) is 0 Å². The predicted octanol–water partition coefficient (Wildman–Crippen LogP) is 6.09. The molecule has 2 aromatic carbocycles. The van der Waals surface area contributed by atoms with E-state index in [-0.39, 0.29) is 18.1 Å². The van der Waals surface area contributed by atoms with Crippen LogP contribution >= 0.6 is 11.3 Å². The van der Waals surface area contributed by atoms with E-state index in [4.69, 9.17) is 9.47 Å². The van der Waals surface area contributed by atoms with Crippen LogP contribution in [0.3, 0.4) is 0 Å². The molecule has 5 heteroatoms. The monoisotopic (exact) mass is 423 g/mol. The van der Waals surface area contributed by atoms with Crippen LogP contribution in [-0.4, -0.2) is 24.0 Å². The van der Waals surface area contributed by atoms with Gasteiger partial charge in [0.15, 0.2) is 0 Å². The van der Waals surface area contributed by atoms with Gasteiger partial charge < -0.3 is 14.4 Å². The summed E-state index contributed by atoms with van der Waals surface area (Å²) in [6, 6.07) is 19.6. The highest BCUT2D eigenvalue weighted by Crippen LogP contribution is 2.24.